The van der Waals surface area contributed by atoms with Gasteiger partial charge in [0.25, 0.3) is 0 Å². The lowest BCUT2D eigenvalue weighted by atomic mass is 9.90. The van der Waals surface area contributed by atoms with Crippen LogP contribution in [0.5, 0.6) is 5.75 Å². The molecule has 0 saturated heterocycles. The van der Waals surface area contributed by atoms with E-state index >= 15 is 0 Å². The summed E-state index contributed by atoms with van der Waals surface area (Å²) in [6.45, 7) is 0.961. The number of methoxy groups -OCH3 is 1. The molecule has 3 heteroatoms. The first-order valence-electron chi connectivity index (χ1n) is 6.79. The Hall–Kier alpha value is -1.06. The minimum absolute atomic E-state index is 0.335. The second-order valence-electron chi connectivity index (χ2n) is 5.28. The molecule has 3 nitrogen and oxygen atoms in total. The fourth-order valence-electron chi connectivity index (χ4n) is 2.82. The topological polar surface area (TPSA) is 38.5 Å². The van der Waals surface area contributed by atoms with Gasteiger partial charge in [0.15, 0.2) is 0 Å². The quantitative estimate of drug-likeness (QED) is 0.889. The van der Waals surface area contributed by atoms with Gasteiger partial charge in [-0.15, -0.1) is 0 Å². The van der Waals surface area contributed by atoms with Crippen molar-refractivity contribution in [3.05, 3.63) is 29.8 Å². The van der Waals surface area contributed by atoms with Gasteiger partial charge in [-0.1, -0.05) is 25.0 Å². The van der Waals surface area contributed by atoms with Gasteiger partial charge in [0.2, 0.25) is 0 Å². The van der Waals surface area contributed by atoms with E-state index in [0.717, 1.165) is 18.7 Å². The molecule has 0 bridgehead atoms. The van der Waals surface area contributed by atoms with E-state index in [1.165, 1.54) is 24.8 Å². The van der Waals surface area contributed by atoms with Crippen LogP contribution < -0.4 is 10.5 Å². The van der Waals surface area contributed by atoms with Gasteiger partial charge in [-0.2, -0.15) is 0 Å². The second-order valence-corrected chi connectivity index (χ2v) is 5.28. The smallest absolute Gasteiger partial charge is 0.118 e. The van der Waals surface area contributed by atoms with Gasteiger partial charge < -0.3 is 10.5 Å². The molecule has 2 N–H and O–H groups in total. The molecule has 2 atom stereocenters. The van der Waals surface area contributed by atoms with Crippen molar-refractivity contribution in [1.29, 1.82) is 0 Å². The third-order valence-electron chi connectivity index (χ3n) is 3.94. The van der Waals surface area contributed by atoms with E-state index in [9.17, 15) is 0 Å². The largest absolute Gasteiger partial charge is 0.497 e. The number of nitrogens with zero attached hydrogens (tertiary/aromatic N) is 1. The summed E-state index contributed by atoms with van der Waals surface area (Å²) in [4.78, 5) is 2.39. The number of likely N-dealkylation sites (N-methyl/N-ethyl adjacent to an activating group) is 1. The highest BCUT2D eigenvalue weighted by Crippen LogP contribution is 2.22. The van der Waals surface area contributed by atoms with Crippen molar-refractivity contribution in [3.8, 4) is 5.75 Å². The average molecular weight is 248 g/mol. The second kappa shape index (κ2) is 6.21. The molecular weight excluding hydrogens is 224 g/mol. The molecule has 100 valence electrons. The Morgan fingerprint density at radius 2 is 1.89 bits per heavy atom. The highest BCUT2D eigenvalue weighted by atomic mass is 16.5. The molecule has 1 saturated carbocycles. The van der Waals surface area contributed by atoms with E-state index in [4.69, 9.17) is 10.5 Å². The van der Waals surface area contributed by atoms with Crippen molar-refractivity contribution in [1.82, 2.24) is 4.90 Å². The first-order chi connectivity index (χ1) is 8.70. The fraction of sp³-hybridized carbons (Fsp3) is 0.600. The summed E-state index contributed by atoms with van der Waals surface area (Å²) in [5, 5.41) is 0. The maximum absolute atomic E-state index is 6.22. The molecule has 18 heavy (non-hydrogen) atoms. The zero-order valence-corrected chi connectivity index (χ0v) is 11.4. The SMILES string of the molecule is COc1ccc(CN(C)C2CCCCC2N)cc1. The minimum Gasteiger partial charge on any atom is -0.497 e. The molecule has 0 aliphatic heterocycles. The Labute approximate surface area is 110 Å². The van der Waals surface area contributed by atoms with Crippen LogP contribution in [0.25, 0.3) is 0 Å². The molecule has 1 aliphatic carbocycles. The molecule has 1 aromatic rings. The first kappa shape index (κ1) is 13.4. The predicted molar refractivity (Wildman–Crippen MR) is 74.7 cm³/mol. The Morgan fingerprint density at radius 1 is 1.22 bits per heavy atom. The van der Waals surface area contributed by atoms with Crippen LogP contribution in [0.3, 0.4) is 0 Å². The normalized spacial score (nSPS) is 24.2. The molecule has 2 unspecified atom stereocenters. The van der Waals surface area contributed by atoms with Gasteiger partial charge in [0.05, 0.1) is 7.11 Å². The Morgan fingerprint density at radius 3 is 2.50 bits per heavy atom. The van der Waals surface area contributed by atoms with Crippen LogP contribution in [-0.2, 0) is 6.54 Å². The number of ether oxygens (including phenoxy) is 1. The molecule has 2 rings (SSSR count). The fourth-order valence-corrected chi connectivity index (χ4v) is 2.82. The lowest BCUT2D eigenvalue weighted by Gasteiger charge is -2.36. The van der Waals surface area contributed by atoms with Gasteiger partial charge in [0, 0.05) is 18.6 Å². The minimum atomic E-state index is 0.335. The third kappa shape index (κ3) is 3.24. The molecule has 1 aliphatic rings. The standard InChI is InChI=1S/C15H24N2O/c1-17(15-6-4-3-5-14(15)16)11-12-7-9-13(18-2)10-8-12/h7-10,14-15H,3-6,11,16H2,1-2H3. The maximum Gasteiger partial charge on any atom is 0.118 e. The summed E-state index contributed by atoms with van der Waals surface area (Å²) in [7, 11) is 3.88. The van der Waals surface area contributed by atoms with Gasteiger partial charge in [0.1, 0.15) is 5.75 Å². The highest BCUT2D eigenvalue weighted by Gasteiger charge is 2.25. The van der Waals surface area contributed by atoms with Crippen molar-refractivity contribution >= 4 is 0 Å². The van der Waals surface area contributed by atoms with Gasteiger partial charge in [-0.05, 0) is 37.6 Å². The van der Waals surface area contributed by atoms with Crippen molar-refractivity contribution in [2.45, 2.75) is 44.3 Å². The van der Waals surface area contributed by atoms with Crippen molar-refractivity contribution < 1.29 is 4.74 Å². The van der Waals surface area contributed by atoms with E-state index in [-0.39, 0.29) is 0 Å². The number of hydrogen-bond acceptors (Lipinski definition) is 3. The van der Waals surface area contributed by atoms with E-state index < -0.39 is 0 Å². The summed E-state index contributed by atoms with van der Waals surface area (Å²) < 4.78 is 5.17. The van der Waals surface area contributed by atoms with Crippen LogP contribution in [0.4, 0.5) is 0 Å². The molecule has 1 aromatic carbocycles. The third-order valence-corrected chi connectivity index (χ3v) is 3.94. The van der Waals surface area contributed by atoms with Crippen LogP contribution in [0.1, 0.15) is 31.2 Å². The lowest BCUT2D eigenvalue weighted by Crippen LogP contribution is -2.47. The van der Waals surface area contributed by atoms with Crippen LogP contribution >= 0.6 is 0 Å². The summed E-state index contributed by atoms with van der Waals surface area (Å²) in [6, 6.07) is 9.16. The maximum atomic E-state index is 6.22. The summed E-state index contributed by atoms with van der Waals surface area (Å²) >= 11 is 0. The lowest BCUT2D eigenvalue weighted by molar-refractivity contribution is 0.162. The van der Waals surface area contributed by atoms with Gasteiger partial charge >= 0.3 is 0 Å². The molecule has 1 fully saturated rings. The van der Waals surface area contributed by atoms with Crippen LogP contribution in [0, 0.1) is 0 Å². The monoisotopic (exact) mass is 248 g/mol. The summed E-state index contributed by atoms with van der Waals surface area (Å²) in [6.07, 6.45) is 4.99. The highest BCUT2D eigenvalue weighted by molar-refractivity contribution is 5.27. The molecule has 0 aromatic heterocycles. The average Bonchev–Trinajstić information content (AvgIpc) is 2.40. The predicted octanol–water partition coefficient (Wildman–Crippen LogP) is 2.40. The molecular formula is C15H24N2O. The van der Waals surface area contributed by atoms with Gasteiger partial charge in [-0.3, -0.25) is 4.90 Å². The number of rotatable bonds is 4. The molecule has 0 radical (unpaired) electrons. The van der Waals surface area contributed by atoms with E-state index in [2.05, 4.69) is 24.1 Å². The molecule has 0 heterocycles. The zero-order valence-electron chi connectivity index (χ0n) is 11.4. The number of nitrogens with two attached hydrogens (primary N) is 1. The number of hydrogen-bond donors (Lipinski definition) is 1. The Kier molecular flexibility index (Phi) is 4.61. The van der Waals surface area contributed by atoms with Crippen molar-refractivity contribution in [2.75, 3.05) is 14.2 Å². The van der Waals surface area contributed by atoms with Crippen molar-refractivity contribution in [3.63, 3.8) is 0 Å². The van der Waals surface area contributed by atoms with Crippen LogP contribution in [-0.4, -0.2) is 31.1 Å². The van der Waals surface area contributed by atoms with Gasteiger partial charge in [-0.25, -0.2) is 0 Å². The van der Waals surface area contributed by atoms with E-state index in [0.29, 0.717) is 12.1 Å². The van der Waals surface area contributed by atoms with Crippen LogP contribution in [0.2, 0.25) is 0 Å². The number of benzene rings is 1. The summed E-state index contributed by atoms with van der Waals surface area (Å²) in [5.41, 5.74) is 7.53. The molecule has 0 spiro atoms. The first-order valence-corrected chi connectivity index (χ1v) is 6.79. The van der Waals surface area contributed by atoms with Crippen molar-refractivity contribution in [2.24, 2.45) is 5.73 Å². The van der Waals surface area contributed by atoms with E-state index in [1.54, 1.807) is 7.11 Å². The zero-order chi connectivity index (χ0) is 13.0. The Balaban J connectivity index is 1.94. The van der Waals surface area contributed by atoms with Crippen LogP contribution in [0.15, 0.2) is 24.3 Å². The Bertz CT molecular complexity index is 363. The molecule has 0 amide bonds. The van der Waals surface area contributed by atoms with E-state index in [1.807, 2.05) is 12.1 Å². The summed E-state index contributed by atoms with van der Waals surface area (Å²) in [5.74, 6) is 0.913.